The van der Waals surface area contributed by atoms with Gasteiger partial charge in [-0.3, -0.25) is 9.59 Å². The number of fused-ring (bicyclic) bond motifs is 1. The summed E-state index contributed by atoms with van der Waals surface area (Å²) in [4.78, 5) is 22.7. The summed E-state index contributed by atoms with van der Waals surface area (Å²) < 4.78 is 10.0. The number of ether oxygens (including phenoxy) is 2. The van der Waals surface area contributed by atoms with E-state index in [9.17, 15) is 14.7 Å². The fourth-order valence-corrected chi connectivity index (χ4v) is 2.89. The van der Waals surface area contributed by atoms with Gasteiger partial charge in [-0.15, -0.1) is 0 Å². The zero-order valence-corrected chi connectivity index (χ0v) is 15.1. The van der Waals surface area contributed by atoms with E-state index in [1.165, 1.54) is 14.0 Å². The van der Waals surface area contributed by atoms with Crippen molar-refractivity contribution in [3.63, 3.8) is 0 Å². The van der Waals surface area contributed by atoms with Gasteiger partial charge in [-0.05, 0) is 53.3 Å². The second-order valence-corrected chi connectivity index (χ2v) is 6.35. The Balaban J connectivity index is 2.48. The maximum Gasteiger partial charge on any atom is 0.308 e. The molecule has 134 valence electrons. The van der Waals surface area contributed by atoms with Crippen LogP contribution in [-0.2, 0) is 20.7 Å². The summed E-state index contributed by atoms with van der Waals surface area (Å²) in [5, 5.41) is 12.0. The Labute approximate surface area is 147 Å². The van der Waals surface area contributed by atoms with Crippen LogP contribution in [0.2, 0.25) is 0 Å². The van der Waals surface area contributed by atoms with Gasteiger partial charge in [-0.25, -0.2) is 0 Å². The van der Waals surface area contributed by atoms with E-state index in [4.69, 9.17) is 4.74 Å². The molecule has 0 aliphatic rings. The zero-order valence-electron chi connectivity index (χ0n) is 15.1. The maximum atomic E-state index is 11.4. The number of carbonyl (C=O) groups excluding carboxylic acids is 2. The molecule has 0 aliphatic heterocycles. The van der Waals surface area contributed by atoms with E-state index in [2.05, 4.69) is 4.74 Å². The van der Waals surface area contributed by atoms with Gasteiger partial charge in [-0.2, -0.15) is 0 Å². The van der Waals surface area contributed by atoms with Gasteiger partial charge in [0, 0.05) is 18.9 Å². The molecule has 0 radical (unpaired) electrons. The Morgan fingerprint density at radius 2 is 1.92 bits per heavy atom. The monoisotopic (exact) mass is 344 g/mol. The maximum absolute atomic E-state index is 11.4. The van der Waals surface area contributed by atoms with Gasteiger partial charge in [0.15, 0.2) is 0 Å². The van der Waals surface area contributed by atoms with Crippen LogP contribution >= 0.6 is 0 Å². The molecular formula is C20H24O5. The van der Waals surface area contributed by atoms with Crippen LogP contribution < -0.4 is 4.74 Å². The highest BCUT2D eigenvalue weighted by molar-refractivity contribution is 5.90. The van der Waals surface area contributed by atoms with Crippen LogP contribution in [0.25, 0.3) is 10.8 Å². The molecule has 2 aromatic carbocycles. The first kappa shape index (κ1) is 18.8. The van der Waals surface area contributed by atoms with Crippen molar-refractivity contribution in [2.45, 2.75) is 46.0 Å². The normalized spacial score (nSPS) is 10.9. The molecule has 0 bridgehead atoms. The fraction of sp³-hybridized carbons (Fsp3) is 0.400. The molecule has 0 spiro atoms. The first-order valence-corrected chi connectivity index (χ1v) is 8.37. The molecule has 5 nitrogen and oxygen atoms in total. The molecule has 0 unspecified atom stereocenters. The van der Waals surface area contributed by atoms with Gasteiger partial charge >= 0.3 is 11.9 Å². The lowest BCUT2D eigenvalue weighted by Gasteiger charge is -2.16. The van der Waals surface area contributed by atoms with Crippen molar-refractivity contribution in [3.05, 3.63) is 35.4 Å². The molecule has 0 fully saturated rings. The predicted molar refractivity (Wildman–Crippen MR) is 96.0 cm³/mol. The van der Waals surface area contributed by atoms with Gasteiger partial charge < -0.3 is 14.6 Å². The topological polar surface area (TPSA) is 72.8 Å². The number of aryl methyl sites for hydroxylation is 1. The van der Waals surface area contributed by atoms with Gasteiger partial charge in [-0.1, -0.05) is 19.9 Å². The van der Waals surface area contributed by atoms with Crippen LogP contribution in [0.15, 0.2) is 24.3 Å². The summed E-state index contributed by atoms with van der Waals surface area (Å²) >= 11 is 0. The molecule has 2 rings (SSSR count). The third kappa shape index (κ3) is 4.50. The standard InChI is InChI=1S/C20H24O5/c1-12(2)16-10-14-8-9-18(22)15(6-5-7-20(23)24-4)17(14)11-19(16)25-13(3)21/h8-12,22H,5-7H2,1-4H3. The number of methoxy groups -OCH3 is 1. The van der Waals surface area contributed by atoms with E-state index in [0.29, 0.717) is 18.6 Å². The lowest BCUT2D eigenvalue weighted by molar-refractivity contribution is -0.140. The van der Waals surface area contributed by atoms with Crippen LogP contribution in [0.3, 0.4) is 0 Å². The van der Waals surface area contributed by atoms with E-state index in [1.807, 2.05) is 26.0 Å². The summed E-state index contributed by atoms with van der Waals surface area (Å²) in [6.07, 6.45) is 1.38. The van der Waals surface area contributed by atoms with Crippen molar-refractivity contribution in [1.29, 1.82) is 0 Å². The van der Waals surface area contributed by atoms with Gasteiger partial charge in [0.25, 0.3) is 0 Å². The molecule has 0 aromatic heterocycles. The Morgan fingerprint density at radius 1 is 1.20 bits per heavy atom. The zero-order chi connectivity index (χ0) is 18.6. The minimum Gasteiger partial charge on any atom is -0.508 e. The Morgan fingerprint density at radius 3 is 2.52 bits per heavy atom. The largest absolute Gasteiger partial charge is 0.508 e. The third-order valence-electron chi connectivity index (χ3n) is 4.15. The minimum absolute atomic E-state index is 0.170. The number of phenolic OH excluding ortho intramolecular Hbond substituents is 1. The molecule has 0 aliphatic carbocycles. The van der Waals surface area contributed by atoms with E-state index in [1.54, 1.807) is 12.1 Å². The SMILES string of the molecule is COC(=O)CCCc1c(O)ccc2cc(C(C)C)c(OC(C)=O)cc12. The molecule has 0 heterocycles. The van der Waals surface area contributed by atoms with Crippen LogP contribution in [0.1, 0.15) is 50.7 Å². The summed E-state index contributed by atoms with van der Waals surface area (Å²) in [6, 6.07) is 7.30. The lowest BCUT2D eigenvalue weighted by atomic mass is 9.93. The molecule has 1 N–H and O–H groups in total. The van der Waals surface area contributed by atoms with Crippen LogP contribution in [0.5, 0.6) is 11.5 Å². The molecule has 5 heteroatoms. The molecule has 0 atom stereocenters. The summed E-state index contributed by atoms with van der Waals surface area (Å²) in [6.45, 7) is 5.44. The molecule has 25 heavy (non-hydrogen) atoms. The number of carbonyl (C=O) groups is 2. The highest BCUT2D eigenvalue weighted by Gasteiger charge is 2.15. The molecule has 0 saturated heterocycles. The molecule has 0 saturated carbocycles. The summed E-state index contributed by atoms with van der Waals surface area (Å²) in [5.41, 5.74) is 1.68. The van der Waals surface area contributed by atoms with E-state index < -0.39 is 0 Å². The predicted octanol–water partition coefficient (Wildman–Crippen LogP) is 4.09. The van der Waals surface area contributed by atoms with Crippen molar-refractivity contribution in [3.8, 4) is 11.5 Å². The highest BCUT2D eigenvalue weighted by Crippen LogP contribution is 2.36. The smallest absolute Gasteiger partial charge is 0.308 e. The second-order valence-electron chi connectivity index (χ2n) is 6.35. The number of rotatable bonds is 6. The quantitative estimate of drug-likeness (QED) is 0.631. The number of esters is 2. The fourth-order valence-electron chi connectivity index (χ4n) is 2.89. The summed E-state index contributed by atoms with van der Waals surface area (Å²) in [7, 11) is 1.36. The van der Waals surface area contributed by atoms with Gasteiger partial charge in [0.2, 0.25) is 0 Å². The second kappa shape index (κ2) is 8.01. The minimum atomic E-state index is -0.381. The van der Waals surface area contributed by atoms with Crippen LogP contribution in [-0.4, -0.2) is 24.2 Å². The molecule has 2 aromatic rings. The van der Waals surface area contributed by atoms with Gasteiger partial charge in [0.05, 0.1) is 7.11 Å². The average Bonchev–Trinajstić information content (AvgIpc) is 2.55. The summed E-state index contributed by atoms with van der Waals surface area (Å²) in [5.74, 6) is 0.213. The van der Waals surface area contributed by atoms with E-state index >= 15 is 0 Å². The number of hydrogen-bond donors (Lipinski definition) is 1. The van der Waals surface area contributed by atoms with Crippen LogP contribution in [0, 0.1) is 0 Å². The highest BCUT2D eigenvalue weighted by atomic mass is 16.5. The average molecular weight is 344 g/mol. The first-order chi connectivity index (χ1) is 11.8. The van der Waals surface area contributed by atoms with Crippen molar-refractivity contribution in [1.82, 2.24) is 0 Å². The Kier molecular flexibility index (Phi) is 6.02. The van der Waals surface area contributed by atoms with Crippen LogP contribution in [0.4, 0.5) is 0 Å². The number of aromatic hydroxyl groups is 1. The Bertz CT molecular complexity index is 792. The van der Waals surface area contributed by atoms with Crippen molar-refractivity contribution in [2.24, 2.45) is 0 Å². The lowest BCUT2D eigenvalue weighted by Crippen LogP contribution is -2.05. The third-order valence-corrected chi connectivity index (χ3v) is 4.15. The Hall–Kier alpha value is -2.56. The molecular weight excluding hydrogens is 320 g/mol. The number of benzene rings is 2. The van der Waals surface area contributed by atoms with E-state index in [-0.39, 0.29) is 30.0 Å². The van der Waals surface area contributed by atoms with Crippen molar-refractivity contribution in [2.75, 3.05) is 7.11 Å². The van der Waals surface area contributed by atoms with Gasteiger partial charge in [0.1, 0.15) is 11.5 Å². The number of hydrogen-bond acceptors (Lipinski definition) is 5. The van der Waals surface area contributed by atoms with E-state index in [0.717, 1.165) is 21.9 Å². The van der Waals surface area contributed by atoms with Crippen molar-refractivity contribution >= 4 is 22.7 Å². The number of phenols is 1. The molecule has 0 amide bonds. The van der Waals surface area contributed by atoms with Crippen molar-refractivity contribution < 1.29 is 24.2 Å². The first-order valence-electron chi connectivity index (χ1n) is 8.37.